The van der Waals surface area contributed by atoms with Gasteiger partial charge in [0.05, 0.1) is 30.8 Å². The number of aromatic nitrogens is 1. The van der Waals surface area contributed by atoms with Gasteiger partial charge in [-0.05, 0) is 35.9 Å². The molecule has 1 N–H and O–H groups in total. The molecule has 2 aromatic carbocycles. The second-order valence-corrected chi connectivity index (χ2v) is 7.79. The number of carbonyl (C=O) groups excluding carboxylic acids is 2. The lowest BCUT2D eigenvalue weighted by atomic mass is 10.0. The number of rotatable bonds is 8. The number of hydrogen-bond donors (Lipinski definition) is 1. The Bertz CT molecular complexity index is 978. The van der Waals surface area contributed by atoms with Crippen molar-refractivity contribution in [3.63, 3.8) is 0 Å². The molecule has 1 aromatic heterocycles. The highest BCUT2D eigenvalue weighted by Gasteiger charge is 2.20. The van der Waals surface area contributed by atoms with Gasteiger partial charge in [-0.15, -0.1) is 11.3 Å². The Labute approximate surface area is 181 Å². The van der Waals surface area contributed by atoms with Crippen LogP contribution in [-0.4, -0.2) is 24.0 Å². The fourth-order valence-corrected chi connectivity index (χ4v) is 3.62. The van der Waals surface area contributed by atoms with E-state index in [0.717, 1.165) is 15.7 Å². The Kier molecular flexibility index (Phi) is 7.37. The minimum atomic E-state index is -0.521. The quantitative estimate of drug-likeness (QED) is 0.485. The summed E-state index contributed by atoms with van der Waals surface area (Å²) in [5.74, 6) is -0.147. The van der Waals surface area contributed by atoms with Crippen LogP contribution in [0.5, 0.6) is 5.75 Å². The van der Waals surface area contributed by atoms with Gasteiger partial charge in [0.2, 0.25) is 0 Å². The van der Waals surface area contributed by atoms with Crippen LogP contribution in [0.1, 0.15) is 34.1 Å². The number of methoxy groups -OCH3 is 1. The van der Waals surface area contributed by atoms with Crippen LogP contribution in [0.3, 0.4) is 0 Å². The number of thiazole rings is 1. The van der Waals surface area contributed by atoms with E-state index in [1.165, 1.54) is 18.4 Å². The van der Waals surface area contributed by atoms with E-state index in [0.29, 0.717) is 17.9 Å². The minimum absolute atomic E-state index is 0.0265. The van der Waals surface area contributed by atoms with Crippen LogP contribution in [0, 0.1) is 0 Å². The number of ether oxygens (including phenoxy) is 2. The number of benzene rings is 2. The van der Waals surface area contributed by atoms with Gasteiger partial charge in [-0.25, -0.2) is 4.98 Å². The third-order valence-corrected chi connectivity index (χ3v) is 5.25. The maximum Gasteiger partial charge on any atom is 0.307 e. The number of halogens is 1. The maximum atomic E-state index is 12.8. The summed E-state index contributed by atoms with van der Waals surface area (Å²) in [5, 5.41) is 4.82. The van der Waals surface area contributed by atoms with Crippen molar-refractivity contribution in [1.29, 1.82) is 0 Å². The van der Waals surface area contributed by atoms with Crippen molar-refractivity contribution in [2.45, 2.75) is 19.1 Å². The average Bonchev–Trinajstić information content (AvgIpc) is 3.25. The van der Waals surface area contributed by atoms with E-state index in [1.54, 1.807) is 29.8 Å². The zero-order chi connectivity index (χ0) is 20.6. The first-order chi connectivity index (χ1) is 14.0. The lowest BCUT2D eigenvalue weighted by Crippen LogP contribution is -2.30. The molecule has 0 aliphatic carbocycles. The monoisotopic (exact) mass is 474 g/mol. The number of amides is 1. The summed E-state index contributed by atoms with van der Waals surface area (Å²) in [6, 6.07) is 13.8. The molecule has 0 fully saturated rings. The molecule has 0 spiro atoms. The standard InChI is InChI=1S/C21H19BrN2O4S/c1-27-20(25)10-19(14-4-2-6-16(22)8-14)24-21(26)15-5-3-7-18(9-15)28-11-17-12-29-13-23-17/h2-9,12-13,19H,10-11H2,1H3,(H,24,26). The molecule has 150 valence electrons. The van der Waals surface area contributed by atoms with Gasteiger partial charge in [0, 0.05) is 15.4 Å². The normalized spacial score (nSPS) is 11.5. The zero-order valence-electron chi connectivity index (χ0n) is 15.6. The molecular formula is C21H19BrN2O4S. The van der Waals surface area contributed by atoms with Crippen LogP contribution in [0.15, 0.2) is 63.9 Å². The number of nitrogens with zero attached hydrogens (tertiary/aromatic N) is 1. The van der Waals surface area contributed by atoms with Gasteiger partial charge >= 0.3 is 5.97 Å². The van der Waals surface area contributed by atoms with Gasteiger partial charge < -0.3 is 14.8 Å². The molecule has 1 unspecified atom stereocenters. The number of esters is 1. The van der Waals surface area contributed by atoms with Crippen LogP contribution in [-0.2, 0) is 16.1 Å². The Morgan fingerprint density at radius 1 is 1.21 bits per heavy atom. The van der Waals surface area contributed by atoms with E-state index < -0.39 is 12.0 Å². The number of carbonyl (C=O) groups is 2. The third kappa shape index (κ3) is 6.13. The summed E-state index contributed by atoms with van der Waals surface area (Å²) >= 11 is 4.92. The van der Waals surface area contributed by atoms with Crippen molar-refractivity contribution in [1.82, 2.24) is 10.3 Å². The van der Waals surface area contributed by atoms with E-state index in [9.17, 15) is 9.59 Å². The third-order valence-electron chi connectivity index (χ3n) is 4.12. The molecule has 0 aliphatic rings. The van der Waals surface area contributed by atoms with Gasteiger partial charge in [-0.1, -0.05) is 34.1 Å². The van der Waals surface area contributed by atoms with E-state index in [1.807, 2.05) is 29.6 Å². The molecule has 1 amide bonds. The van der Waals surface area contributed by atoms with E-state index in [-0.39, 0.29) is 12.3 Å². The summed E-state index contributed by atoms with van der Waals surface area (Å²) in [7, 11) is 1.32. The fraction of sp³-hybridized carbons (Fsp3) is 0.190. The van der Waals surface area contributed by atoms with Crippen molar-refractivity contribution >= 4 is 39.1 Å². The van der Waals surface area contributed by atoms with Gasteiger partial charge in [0.1, 0.15) is 12.4 Å². The number of hydrogen-bond acceptors (Lipinski definition) is 6. The van der Waals surface area contributed by atoms with Crippen LogP contribution in [0.2, 0.25) is 0 Å². The molecule has 1 atom stereocenters. The second kappa shape index (κ2) is 10.2. The SMILES string of the molecule is COC(=O)CC(NC(=O)c1cccc(OCc2cscn2)c1)c1cccc(Br)c1. The van der Waals surface area contributed by atoms with Crippen molar-refractivity contribution in [2.75, 3.05) is 7.11 Å². The van der Waals surface area contributed by atoms with Crippen molar-refractivity contribution in [3.05, 3.63) is 80.7 Å². The highest BCUT2D eigenvalue weighted by atomic mass is 79.9. The molecule has 3 aromatic rings. The maximum absolute atomic E-state index is 12.8. The highest BCUT2D eigenvalue weighted by Crippen LogP contribution is 2.23. The summed E-state index contributed by atoms with van der Waals surface area (Å²) < 4.78 is 11.3. The summed E-state index contributed by atoms with van der Waals surface area (Å²) in [6.45, 7) is 0.331. The Hall–Kier alpha value is -2.71. The zero-order valence-corrected chi connectivity index (χ0v) is 18.0. The van der Waals surface area contributed by atoms with Gasteiger partial charge in [-0.2, -0.15) is 0 Å². The van der Waals surface area contributed by atoms with Crippen molar-refractivity contribution < 1.29 is 19.1 Å². The largest absolute Gasteiger partial charge is 0.487 e. The molecule has 1 heterocycles. The summed E-state index contributed by atoms with van der Waals surface area (Å²) in [4.78, 5) is 28.8. The second-order valence-electron chi connectivity index (χ2n) is 6.16. The van der Waals surface area contributed by atoms with Crippen LogP contribution in [0.4, 0.5) is 0 Å². The van der Waals surface area contributed by atoms with Crippen LogP contribution < -0.4 is 10.1 Å². The van der Waals surface area contributed by atoms with Crippen molar-refractivity contribution in [3.8, 4) is 5.75 Å². The Morgan fingerprint density at radius 3 is 2.76 bits per heavy atom. The Morgan fingerprint density at radius 2 is 2.03 bits per heavy atom. The summed E-state index contributed by atoms with van der Waals surface area (Å²) in [6.07, 6.45) is 0.0265. The van der Waals surface area contributed by atoms with E-state index in [4.69, 9.17) is 9.47 Å². The molecule has 0 saturated carbocycles. The first kappa shape index (κ1) is 21.0. The molecular weight excluding hydrogens is 456 g/mol. The minimum Gasteiger partial charge on any atom is -0.487 e. The van der Waals surface area contributed by atoms with Gasteiger partial charge in [0.15, 0.2) is 0 Å². The fourth-order valence-electron chi connectivity index (χ4n) is 2.66. The van der Waals surface area contributed by atoms with Gasteiger partial charge in [0.25, 0.3) is 5.91 Å². The molecule has 3 rings (SSSR count). The predicted octanol–water partition coefficient (Wildman–Crippen LogP) is 4.52. The molecule has 29 heavy (non-hydrogen) atoms. The number of nitrogens with one attached hydrogen (secondary N) is 1. The molecule has 0 radical (unpaired) electrons. The van der Waals surface area contributed by atoms with Crippen LogP contribution in [0.25, 0.3) is 0 Å². The predicted molar refractivity (Wildman–Crippen MR) is 114 cm³/mol. The highest BCUT2D eigenvalue weighted by molar-refractivity contribution is 9.10. The topological polar surface area (TPSA) is 77.5 Å². The Balaban J connectivity index is 1.73. The van der Waals surface area contributed by atoms with Gasteiger partial charge in [-0.3, -0.25) is 9.59 Å². The first-order valence-corrected chi connectivity index (χ1v) is 10.5. The average molecular weight is 475 g/mol. The molecule has 8 heteroatoms. The summed E-state index contributed by atoms with van der Waals surface area (Å²) in [5.41, 5.74) is 3.81. The molecule has 0 bridgehead atoms. The lowest BCUT2D eigenvalue weighted by Gasteiger charge is -2.19. The van der Waals surface area contributed by atoms with E-state index >= 15 is 0 Å². The van der Waals surface area contributed by atoms with E-state index in [2.05, 4.69) is 26.2 Å². The molecule has 6 nitrogen and oxygen atoms in total. The molecule has 0 saturated heterocycles. The van der Waals surface area contributed by atoms with Crippen molar-refractivity contribution in [2.24, 2.45) is 0 Å². The van der Waals surface area contributed by atoms with Crippen LogP contribution >= 0.6 is 27.3 Å². The molecule has 0 aliphatic heterocycles. The first-order valence-electron chi connectivity index (χ1n) is 8.78. The smallest absolute Gasteiger partial charge is 0.307 e. The lowest BCUT2D eigenvalue weighted by molar-refractivity contribution is -0.141.